The molecule has 0 aliphatic heterocycles. The zero-order valence-electron chi connectivity index (χ0n) is 15.3. The number of anilines is 1. The number of hydrogen-bond acceptors (Lipinski definition) is 7. The lowest BCUT2D eigenvalue weighted by Gasteiger charge is -2.10. The van der Waals surface area contributed by atoms with Crippen LogP contribution in [-0.2, 0) is 9.53 Å². The number of amides is 1. The lowest BCUT2D eigenvalue weighted by atomic mass is 10.2. The molecular formula is C19H21N3O6. The van der Waals surface area contributed by atoms with Crippen LogP contribution in [0, 0.1) is 10.1 Å². The predicted molar refractivity (Wildman–Crippen MR) is 102 cm³/mol. The van der Waals surface area contributed by atoms with Gasteiger partial charge in [-0.2, -0.15) is 0 Å². The monoisotopic (exact) mass is 387 g/mol. The number of nitrogens with one attached hydrogen (secondary N) is 2. The van der Waals surface area contributed by atoms with Gasteiger partial charge in [0.05, 0.1) is 11.5 Å². The molecule has 0 spiro atoms. The highest BCUT2D eigenvalue weighted by Gasteiger charge is 2.14. The molecule has 9 heteroatoms. The van der Waals surface area contributed by atoms with Gasteiger partial charge in [0, 0.05) is 30.9 Å². The maximum atomic E-state index is 12.1. The third-order valence-corrected chi connectivity index (χ3v) is 3.60. The topological polar surface area (TPSA) is 120 Å². The van der Waals surface area contributed by atoms with Gasteiger partial charge in [-0.05, 0) is 31.2 Å². The number of carbonyl (C=O) groups is 2. The molecule has 0 aliphatic carbocycles. The third kappa shape index (κ3) is 6.27. The normalized spacial score (nSPS) is 10.0. The molecule has 2 aromatic carbocycles. The van der Waals surface area contributed by atoms with E-state index in [-0.39, 0.29) is 11.3 Å². The van der Waals surface area contributed by atoms with Crippen molar-refractivity contribution in [2.75, 3.05) is 31.6 Å². The molecule has 0 unspecified atom stereocenters. The molecule has 0 saturated carbocycles. The average molecular weight is 387 g/mol. The molecule has 1 amide bonds. The van der Waals surface area contributed by atoms with Gasteiger partial charge < -0.3 is 20.1 Å². The molecule has 2 N–H and O–H groups in total. The quantitative estimate of drug-likeness (QED) is 0.278. The van der Waals surface area contributed by atoms with E-state index < -0.39 is 23.4 Å². The highest BCUT2D eigenvalue weighted by atomic mass is 16.6. The molecule has 0 aromatic heterocycles. The molecule has 2 rings (SSSR count). The molecule has 0 aliphatic rings. The van der Waals surface area contributed by atoms with E-state index in [0.717, 1.165) is 0 Å². The number of carbonyl (C=O) groups excluding carboxylic acids is 2. The molecule has 9 nitrogen and oxygen atoms in total. The van der Waals surface area contributed by atoms with Gasteiger partial charge >= 0.3 is 5.97 Å². The van der Waals surface area contributed by atoms with Crippen LogP contribution in [0.25, 0.3) is 0 Å². The predicted octanol–water partition coefficient (Wildman–Crippen LogP) is 2.38. The Kier molecular flexibility index (Phi) is 7.77. The van der Waals surface area contributed by atoms with Crippen LogP contribution in [0.1, 0.15) is 17.3 Å². The van der Waals surface area contributed by atoms with E-state index in [9.17, 15) is 19.7 Å². The number of ether oxygens (including phenoxy) is 2. The number of hydrogen-bond donors (Lipinski definition) is 2. The Hall–Kier alpha value is -3.62. The lowest BCUT2D eigenvalue weighted by molar-refractivity contribution is -0.384. The van der Waals surface area contributed by atoms with Crippen molar-refractivity contribution in [1.82, 2.24) is 5.32 Å². The number of non-ortho nitro benzene ring substituents is 1. The molecule has 148 valence electrons. The van der Waals surface area contributed by atoms with E-state index in [0.29, 0.717) is 31.1 Å². The van der Waals surface area contributed by atoms with Crippen molar-refractivity contribution in [3.8, 4) is 5.75 Å². The first-order chi connectivity index (χ1) is 13.5. The Morgan fingerprint density at radius 2 is 1.79 bits per heavy atom. The fourth-order valence-electron chi connectivity index (χ4n) is 2.29. The van der Waals surface area contributed by atoms with E-state index in [1.54, 1.807) is 43.3 Å². The van der Waals surface area contributed by atoms with Crippen LogP contribution in [0.5, 0.6) is 5.75 Å². The molecule has 0 heterocycles. The Morgan fingerprint density at radius 3 is 2.46 bits per heavy atom. The standard InChI is InChI=1S/C19H21N3O6/c1-2-27-17-6-4-3-5-16(17)19(24)28-13-18(23)21-12-11-20-14-7-9-15(10-8-14)22(25)26/h3-10,20H,2,11-13H2,1H3,(H,21,23). The molecule has 0 radical (unpaired) electrons. The highest BCUT2D eigenvalue weighted by molar-refractivity contribution is 5.93. The molecule has 0 fully saturated rings. The largest absolute Gasteiger partial charge is 0.493 e. The molecule has 0 atom stereocenters. The van der Waals surface area contributed by atoms with Crippen LogP contribution < -0.4 is 15.4 Å². The number of nitrogens with zero attached hydrogens (tertiary/aromatic N) is 1. The summed E-state index contributed by atoms with van der Waals surface area (Å²) in [6.45, 7) is 2.51. The van der Waals surface area contributed by atoms with E-state index in [1.165, 1.54) is 12.1 Å². The van der Waals surface area contributed by atoms with Crippen LogP contribution in [0.2, 0.25) is 0 Å². The number of esters is 1. The summed E-state index contributed by atoms with van der Waals surface area (Å²) >= 11 is 0. The average Bonchev–Trinajstić information content (AvgIpc) is 2.70. The van der Waals surface area contributed by atoms with E-state index in [2.05, 4.69) is 10.6 Å². The Balaban J connectivity index is 1.70. The van der Waals surface area contributed by atoms with E-state index in [1.807, 2.05) is 0 Å². The zero-order chi connectivity index (χ0) is 20.4. The van der Waals surface area contributed by atoms with Crippen molar-refractivity contribution in [3.05, 3.63) is 64.2 Å². The minimum Gasteiger partial charge on any atom is -0.493 e. The highest BCUT2D eigenvalue weighted by Crippen LogP contribution is 2.18. The summed E-state index contributed by atoms with van der Waals surface area (Å²) < 4.78 is 10.4. The van der Waals surface area contributed by atoms with Crippen LogP contribution in [-0.4, -0.2) is 43.1 Å². The van der Waals surface area contributed by atoms with Gasteiger partial charge in [-0.15, -0.1) is 0 Å². The Labute approximate surface area is 161 Å². The number of benzene rings is 2. The van der Waals surface area contributed by atoms with Crippen molar-refractivity contribution >= 4 is 23.3 Å². The van der Waals surface area contributed by atoms with Gasteiger partial charge in [-0.1, -0.05) is 12.1 Å². The summed E-state index contributed by atoms with van der Waals surface area (Å²) in [4.78, 5) is 34.0. The van der Waals surface area contributed by atoms with Gasteiger partial charge in [0.1, 0.15) is 11.3 Å². The second-order valence-electron chi connectivity index (χ2n) is 5.59. The number of rotatable bonds is 10. The molecule has 0 bridgehead atoms. The summed E-state index contributed by atoms with van der Waals surface area (Å²) in [6, 6.07) is 12.6. The first-order valence-electron chi connectivity index (χ1n) is 8.65. The molecular weight excluding hydrogens is 366 g/mol. The van der Waals surface area contributed by atoms with E-state index >= 15 is 0 Å². The van der Waals surface area contributed by atoms with Crippen LogP contribution >= 0.6 is 0 Å². The summed E-state index contributed by atoms with van der Waals surface area (Å²) in [5, 5.41) is 16.2. The zero-order valence-corrected chi connectivity index (χ0v) is 15.3. The number of nitro groups is 1. The van der Waals surface area contributed by atoms with Crippen LogP contribution in [0.15, 0.2) is 48.5 Å². The van der Waals surface area contributed by atoms with Crippen molar-refractivity contribution in [2.24, 2.45) is 0 Å². The molecule has 28 heavy (non-hydrogen) atoms. The first kappa shape index (κ1) is 20.7. The van der Waals surface area contributed by atoms with Gasteiger partial charge in [0.2, 0.25) is 0 Å². The maximum Gasteiger partial charge on any atom is 0.342 e. The Bertz CT molecular complexity index is 823. The van der Waals surface area contributed by atoms with Crippen LogP contribution in [0.4, 0.5) is 11.4 Å². The lowest BCUT2D eigenvalue weighted by Crippen LogP contribution is -2.32. The van der Waals surface area contributed by atoms with Gasteiger partial charge in [-0.3, -0.25) is 14.9 Å². The number of para-hydroxylation sites is 1. The van der Waals surface area contributed by atoms with Gasteiger partial charge in [0.15, 0.2) is 6.61 Å². The van der Waals surface area contributed by atoms with Crippen LogP contribution in [0.3, 0.4) is 0 Å². The molecule has 0 saturated heterocycles. The van der Waals surface area contributed by atoms with Gasteiger partial charge in [-0.25, -0.2) is 4.79 Å². The smallest absolute Gasteiger partial charge is 0.342 e. The Morgan fingerprint density at radius 1 is 1.07 bits per heavy atom. The van der Waals surface area contributed by atoms with Crippen molar-refractivity contribution in [1.29, 1.82) is 0 Å². The second kappa shape index (κ2) is 10.5. The fraction of sp³-hybridized carbons (Fsp3) is 0.263. The minimum absolute atomic E-state index is 0.00609. The summed E-state index contributed by atoms with van der Waals surface area (Å²) in [5.41, 5.74) is 0.961. The van der Waals surface area contributed by atoms with Crippen molar-refractivity contribution in [2.45, 2.75) is 6.92 Å². The van der Waals surface area contributed by atoms with Crippen molar-refractivity contribution < 1.29 is 24.0 Å². The maximum absolute atomic E-state index is 12.1. The second-order valence-corrected chi connectivity index (χ2v) is 5.59. The van der Waals surface area contributed by atoms with Gasteiger partial charge in [0.25, 0.3) is 11.6 Å². The SMILES string of the molecule is CCOc1ccccc1C(=O)OCC(=O)NCCNc1ccc([N+](=O)[O-])cc1. The third-order valence-electron chi connectivity index (χ3n) is 3.60. The summed E-state index contributed by atoms with van der Waals surface area (Å²) in [6.07, 6.45) is 0. The summed E-state index contributed by atoms with van der Waals surface area (Å²) in [5.74, 6) is -0.668. The first-order valence-corrected chi connectivity index (χ1v) is 8.65. The summed E-state index contributed by atoms with van der Waals surface area (Å²) in [7, 11) is 0. The van der Waals surface area contributed by atoms with Crippen molar-refractivity contribution in [3.63, 3.8) is 0 Å². The number of nitro benzene ring substituents is 1. The molecule has 2 aromatic rings. The minimum atomic E-state index is -0.636. The fourth-order valence-corrected chi connectivity index (χ4v) is 2.29. The van der Waals surface area contributed by atoms with E-state index in [4.69, 9.17) is 9.47 Å².